The SMILES string of the molecule is CSC1CCC(NCc2cccc(C)n2)CC1. The molecule has 17 heavy (non-hydrogen) atoms. The Morgan fingerprint density at radius 2 is 2.06 bits per heavy atom. The molecule has 1 saturated carbocycles. The number of hydrogen-bond acceptors (Lipinski definition) is 3. The van der Waals surface area contributed by atoms with Gasteiger partial charge in [-0.15, -0.1) is 0 Å². The normalized spacial score (nSPS) is 24.8. The van der Waals surface area contributed by atoms with E-state index in [-0.39, 0.29) is 0 Å². The molecule has 0 saturated heterocycles. The lowest BCUT2D eigenvalue weighted by molar-refractivity contribution is 0.377. The molecule has 1 aromatic rings. The number of hydrogen-bond donors (Lipinski definition) is 1. The Hall–Kier alpha value is -0.540. The Balaban J connectivity index is 1.76. The van der Waals surface area contributed by atoms with Crippen molar-refractivity contribution >= 4 is 11.8 Å². The van der Waals surface area contributed by atoms with E-state index in [9.17, 15) is 0 Å². The molecule has 0 bridgehead atoms. The predicted octanol–water partition coefficient (Wildman–Crippen LogP) is 3.15. The summed E-state index contributed by atoms with van der Waals surface area (Å²) in [7, 11) is 0. The van der Waals surface area contributed by atoms with Gasteiger partial charge < -0.3 is 5.32 Å². The van der Waals surface area contributed by atoms with E-state index < -0.39 is 0 Å². The third kappa shape index (κ3) is 4.00. The molecule has 1 aromatic heterocycles. The minimum atomic E-state index is 0.695. The predicted molar refractivity (Wildman–Crippen MR) is 75.4 cm³/mol. The van der Waals surface area contributed by atoms with Crippen LogP contribution >= 0.6 is 11.8 Å². The second-order valence-corrected chi connectivity index (χ2v) is 6.00. The first-order valence-electron chi connectivity index (χ1n) is 6.46. The van der Waals surface area contributed by atoms with Gasteiger partial charge in [0.05, 0.1) is 5.69 Å². The van der Waals surface area contributed by atoms with Gasteiger partial charge in [-0.1, -0.05) is 6.07 Å². The first-order chi connectivity index (χ1) is 8.28. The highest BCUT2D eigenvalue weighted by Gasteiger charge is 2.19. The van der Waals surface area contributed by atoms with E-state index >= 15 is 0 Å². The maximum atomic E-state index is 4.52. The number of aromatic nitrogens is 1. The molecule has 2 rings (SSSR count). The fourth-order valence-electron chi connectivity index (χ4n) is 2.45. The number of nitrogens with zero attached hydrogens (tertiary/aromatic N) is 1. The highest BCUT2D eigenvalue weighted by Crippen LogP contribution is 2.26. The van der Waals surface area contributed by atoms with Crippen LogP contribution < -0.4 is 5.32 Å². The molecule has 0 unspecified atom stereocenters. The molecular weight excluding hydrogens is 228 g/mol. The van der Waals surface area contributed by atoms with E-state index in [0.29, 0.717) is 6.04 Å². The van der Waals surface area contributed by atoms with Gasteiger partial charge in [0.15, 0.2) is 0 Å². The zero-order chi connectivity index (χ0) is 12.1. The number of nitrogens with one attached hydrogen (secondary N) is 1. The second kappa shape index (κ2) is 6.41. The zero-order valence-corrected chi connectivity index (χ0v) is 11.6. The largest absolute Gasteiger partial charge is 0.308 e. The highest BCUT2D eigenvalue weighted by molar-refractivity contribution is 7.99. The van der Waals surface area contributed by atoms with Gasteiger partial charge in [0, 0.05) is 23.5 Å². The van der Waals surface area contributed by atoms with Crippen LogP contribution in [0.5, 0.6) is 0 Å². The van der Waals surface area contributed by atoms with Crippen LogP contribution in [-0.2, 0) is 6.54 Å². The summed E-state index contributed by atoms with van der Waals surface area (Å²) in [5.41, 5.74) is 2.27. The van der Waals surface area contributed by atoms with Crippen molar-refractivity contribution in [2.75, 3.05) is 6.26 Å². The van der Waals surface area contributed by atoms with Crippen LogP contribution in [0.3, 0.4) is 0 Å². The molecule has 1 fully saturated rings. The van der Waals surface area contributed by atoms with Crippen LogP contribution in [0.15, 0.2) is 18.2 Å². The van der Waals surface area contributed by atoms with Crippen molar-refractivity contribution in [3.05, 3.63) is 29.6 Å². The molecule has 0 spiro atoms. The van der Waals surface area contributed by atoms with Crippen molar-refractivity contribution in [1.82, 2.24) is 10.3 Å². The summed E-state index contributed by atoms with van der Waals surface area (Å²) in [5, 5.41) is 4.53. The maximum absolute atomic E-state index is 4.52. The molecule has 1 aliphatic carbocycles. The molecule has 3 heteroatoms. The van der Waals surface area contributed by atoms with Crippen LogP contribution in [0.25, 0.3) is 0 Å². The van der Waals surface area contributed by atoms with Crippen LogP contribution in [0.2, 0.25) is 0 Å². The van der Waals surface area contributed by atoms with Crippen molar-refractivity contribution in [2.24, 2.45) is 0 Å². The maximum Gasteiger partial charge on any atom is 0.0544 e. The second-order valence-electron chi connectivity index (χ2n) is 4.86. The molecular formula is C14H22N2S. The number of rotatable bonds is 4. The quantitative estimate of drug-likeness (QED) is 0.888. The van der Waals surface area contributed by atoms with E-state index in [0.717, 1.165) is 23.2 Å². The van der Waals surface area contributed by atoms with Gasteiger partial charge in [-0.3, -0.25) is 4.98 Å². The fraction of sp³-hybridized carbons (Fsp3) is 0.643. The first kappa shape index (κ1) is 12.9. The molecule has 94 valence electrons. The van der Waals surface area contributed by atoms with Crippen molar-refractivity contribution in [2.45, 2.75) is 50.4 Å². The van der Waals surface area contributed by atoms with Gasteiger partial charge in [-0.25, -0.2) is 0 Å². The van der Waals surface area contributed by atoms with Crippen molar-refractivity contribution in [3.63, 3.8) is 0 Å². The fourth-order valence-corrected chi connectivity index (χ4v) is 3.19. The molecule has 2 nitrogen and oxygen atoms in total. The summed E-state index contributed by atoms with van der Waals surface area (Å²) >= 11 is 2.02. The monoisotopic (exact) mass is 250 g/mol. The van der Waals surface area contributed by atoms with Gasteiger partial charge in [-0.2, -0.15) is 11.8 Å². The van der Waals surface area contributed by atoms with Crippen molar-refractivity contribution < 1.29 is 0 Å². The average Bonchev–Trinajstić information content (AvgIpc) is 2.37. The van der Waals surface area contributed by atoms with Gasteiger partial charge in [-0.05, 0) is 51.0 Å². The summed E-state index contributed by atoms with van der Waals surface area (Å²) < 4.78 is 0. The summed E-state index contributed by atoms with van der Waals surface area (Å²) in [6.45, 7) is 2.96. The van der Waals surface area contributed by atoms with Crippen LogP contribution in [0, 0.1) is 6.92 Å². The number of thioether (sulfide) groups is 1. The lowest BCUT2D eigenvalue weighted by atomic mass is 9.95. The molecule has 1 N–H and O–H groups in total. The van der Waals surface area contributed by atoms with Gasteiger partial charge in [0.1, 0.15) is 0 Å². The summed E-state index contributed by atoms with van der Waals surface area (Å²) in [6, 6.07) is 6.94. The van der Waals surface area contributed by atoms with E-state index in [1.54, 1.807) is 0 Å². The molecule has 0 amide bonds. The summed E-state index contributed by atoms with van der Waals surface area (Å²) in [4.78, 5) is 4.52. The third-order valence-electron chi connectivity index (χ3n) is 3.53. The zero-order valence-electron chi connectivity index (χ0n) is 10.8. The Labute approximate surface area is 109 Å². The van der Waals surface area contributed by atoms with Gasteiger partial charge >= 0.3 is 0 Å². The average molecular weight is 250 g/mol. The lowest BCUT2D eigenvalue weighted by Crippen LogP contribution is -2.33. The van der Waals surface area contributed by atoms with E-state index in [4.69, 9.17) is 0 Å². The lowest BCUT2D eigenvalue weighted by Gasteiger charge is -2.28. The van der Waals surface area contributed by atoms with Crippen molar-refractivity contribution in [3.8, 4) is 0 Å². The van der Waals surface area contributed by atoms with Gasteiger partial charge in [0.2, 0.25) is 0 Å². The smallest absolute Gasteiger partial charge is 0.0544 e. The van der Waals surface area contributed by atoms with E-state index in [2.05, 4.69) is 28.7 Å². The molecule has 0 radical (unpaired) electrons. The summed E-state index contributed by atoms with van der Waals surface area (Å²) in [5.74, 6) is 0. The molecule has 0 aliphatic heterocycles. The number of aryl methyl sites for hydroxylation is 1. The summed E-state index contributed by atoms with van der Waals surface area (Å²) in [6.07, 6.45) is 7.59. The Kier molecular flexibility index (Phi) is 4.86. The topological polar surface area (TPSA) is 24.9 Å². The van der Waals surface area contributed by atoms with Crippen LogP contribution in [-0.4, -0.2) is 22.5 Å². The van der Waals surface area contributed by atoms with E-state index in [1.165, 1.54) is 25.7 Å². The van der Waals surface area contributed by atoms with Crippen LogP contribution in [0.4, 0.5) is 0 Å². The van der Waals surface area contributed by atoms with Gasteiger partial charge in [0.25, 0.3) is 0 Å². The Morgan fingerprint density at radius 3 is 2.71 bits per heavy atom. The number of pyridine rings is 1. The molecule has 0 atom stereocenters. The van der Waals surface area contributed by atoms with E-state index in [1.807, 2.05) is 24.8 Å². The molecule has 0 aromatic carbocycles. The molecule has 1 aliphatic rings. The Bertz CT molecular complexity index is 346. The Morgan fingerprint density at radius 1 is 1.29 bits per heavy atom. The first-order valence-corrected chi connectivity index (χ1v) is 7.75. The molecule has 1 heterocycles. The van der Waals surface area contributed by atoms with Crippen LogP contribution in [0.1, 0.15) is 37.1 Å². The standard InChI is InChI=1S/C14H22N2S/c1-11-4-3-5-13(16-11)10-15-12-6-8-14(17-2)9-7-12/h3-5,12,14-15H,6-10H2,1-2H3. The van der Waals surface area contributed by atoms with Crippen molar-refractivity contribution in [1.29, 1.82) is 0 Å². The minimum absolute atomic E-state index is 0.695. The minimum Gasteiger partial charge on any atom is -0.308 e. The third-order valence-corrected chi connectivity index (χ3v) is 4.66. The highest BCUT2D eigenvalue weighted by atomic mass is 32.2.